The van der Waals surface area contributed by atoms with Gasteiger partial charge < -0.3 is 29.9 Å². The number of guanidine groups is 1. The monoisotopic (exact) mass is 437 g/mol. The van der Waals surface area contributed by atoms with Crippen molar-refractivity contribution in [1.29, 1.82) is 0 Å². The van der Waals surface area contributed by atoms with E-state index in [1.807, 2.05) is 48.2 Å². The average molecular weight is 438 g/mol. The van der Waals surface area contributed by atoms with Crippen molar-refractivity contribution in [2.45, 2.75) is 13.3 Å². The third-order valence-electron chi connectivity index (χ3n) is 5.48. The van der Waals surface area contributed by atoms with Gasteiger partial charge >= 0.3 is 0 Å². The van der Waals surface area contributed by atoms with E-state index in [0.717, 1.165) is 36.7 Å². The molecule has 0 radical (unpaired) electrons. The number of nitrogens with one attached hydrogen (secondary N) is 2. The first-order valence-electron chi connectivity index (χ1n) is 11.3. The Morgan fingerprint density at radius 1 is 1.00 bits per heavy atom. The molecule has 0 bridgehead atoms. The lowest BCUT2D eigenvalue weighted by Crippen LogP contribution is -2.49. The maximum atomic E-state index is 12.7. The second kappa shape index (κ2) is 10.7. The lowest BCUT2D eigenvalue weighted by atomic mass is 10.2. The highest BCUT2D eigenvalue weighted by Crippen LogP contribution is 2.32. The van der Waals surface area contributed by atoms with Gasteiger partial charge in [0.1, 0.15) is 6.54 Å². The van der Waals surface area contributed by atoms with Crippen LogP contribution >= 0.6 is 0 Å². The van der Waals surface area contributed by atoms with Crippen molar-refractivity contribution in [3.8, 4) is 11.5 Å². The van der Waals surface area contributed by atoms with E-state index in [1.54, 1.807) is 0 Å². The van der Waals surface area contributed by atoms with Gasteiger partial charge in [0.15, 0.2) is 17.5 Å². The molecule has 8 heteroatoms. The number of hydrogen-bond donors (Lipinski definition) is 2. The fourth-order valence-corrected chi connectivity index (χ4v) is 3.78. The zero-order valence-corrected chi connectivity index (χ0v) is 18.5. The van der Waals surface area contributed by atoms with Crippen LogP contribution in [0, 0.1) is 0 Å². The Morgan fingerprint density at radius 2 is 1.75 bits per heavy atom. The predicted molar refractivity (Wildman–Crippen MR) is 127 cm³/mol. The van der Waals surface area contributed by atoms with Gasteiger partial charge in [-0.3, -0.25) is 4.79 Å². The minimum absolute atomic E-state index is 0.0357. The van der Waals surface area contributed by atoms with Gasteiger partial charge in [0.2, 0.25) is 5.91 Å². The largest absolute Gasteiger partial charge is 0.490 e. The van der Waals surface area contributed by atoms with E-state index in [2.05, 4.69) is 32.7 Å². The molecular weight excluding hydrogens is 406 g/mol. The first-order chi connectivity index (χ1) is 15.7. The number of fused-ring (bicyclic) bond motifs is 1. The molecule has 2 aromatic carbocycles. The Hall–Kier alpha value is -3.42. The zero-order chi connectivity index (χ0) is 22.2. The lowest BCUT2D eigenvalue weighted by Gasteiger charge is -2.36. The second-order valence-electron chi connectivity index (χ2n) is 7.74. The molecule has 2 N–H and O–H groups in total. The number of rotatable bonds is 5. The second-order valence-corrected chi connectivity index (χ2v) is 7.74. The van der Waals surface area contributed by atoms with Crippen LogP contribution in [0.15, 0.2) is 53.5 Å². The number of hydrogen-bond acceptors (Lipinski definition) is 5. The van der Waals surface area contributed by atoms with Gasteiger partial charge in [0.05, 0.1) is 13.2 Å². The molecule has 0 aliphatic carbocycles. The molecule has 1 fully saturated rings. The van der Waals surface area contributed by atoms with Crippen molar-refractivity contribution in [1.82, 2.24) is 10.2 Å². The summed E-state index contributed by atoms with van der Waals surface area (Å²) in [5.41, 5.74) is 2.03. The number of carbonyl (C=O) groups excluding carboxylic acids is 1. The van der Waals surface area contributed by atoms with Crippen molar-refractivity contribution in [2.75, 3.05) is 62.7 Å². The minimum atomic E-state index is 0.0357. The minimum Gasteiger partial charge on any atom is -0.490 e. The van der Waals surface area contributed by atoms with Crippen molar-refractivity contribution in [3.05, 3.63) is 48.5 Å². The van der Waals surface area contributed by atoms with E-state index in [0.29, 0.717) is 38.8 Å². The van der Waals surface area contributed by atoms with Crippen LogP contribution in [0.3, 0.4) is 0 Å². The molecule has 2 aliphatic rings. The van der Waals surface area contributed by atoms with E-state index >= 15 is 0 Å². The highest BCUT2D eigenvalue weighted by Gasteiger charge is 2.21. The molecule has 0 spiro atoms. The summed E-state index contributed by atoms with van der Waals surface area (Å²) in [4.78, 5) is 21.4. The normalized spacial score (nSPS) is 16.3. The molecule has 32 heavy (non-hydrogen) atoms. The number of carbonyl (C=O) groups is 1. The van der Waals surface area contributed by atoms with Gasteiger partial charge in [-0.25, -0.2) is 4.99 Å². The molecule has 8 nitrogen and oxygen atoms in total. The topological polar surface area (TPSA) is 78.4 Å². The molecule has 0 unspecified atom stereocenters. The molecule has 0 aromatic heterocycles. The smallest absolute Gasteiger partial charge is 0.244 e. The summed E-state index contributed by atoms with van der Waals surface area (Å²) in [7, 11) is 0. The van der Waals surface area contributed by atoms with Crippen molar-refractivity contribution >= 4 is 23.2 Å². The standard InChI is InChI=1S/C24H31N5O3/c1-2-25-24(27-19-9-10-21-22(17-19)32-16-6-15-31-21)26-18-23(30)29-13-11-28(12-14-29)20-7-4-3-5-8-20/h3-5,7-10,17H,2,6,11-16,18H2,1H3,(H2,25,26,27). The number of nitrogens with zero attached hydrogens (tertiary/aromatic N) is 3. The SMILES string of the molecule is CCNC(=NCC(=O)N1CCN(c2ccccc2)CC1)Nc1ccc2c(c1)OCCCO2. The summed E-state index contributed by atoms with van der Waals surface area (Å²) in [5.74, 6) is 2.07. The number of benzene rings is 2. The van der Waals surface area contributed by atoms with Crippen molar-refractivity contribution < 1.29 is 14.3 Å². The molecule has 1 amide bonds. The van der Waals surface area contributed by atoms with Crippen LogP contribution in [0.4, 0.5) is 11.4 Å². The van der Waals surface area contributed by atoms with E-state index in [4.69, 9.17) is 9.47 Å². The molecule has 0 atom stereocenters. The first kappa shape index (κ1) is 21.8. The zero-order valence-electron chi connectivity index (χ0n) is 18.5. The van der Waals surface area contributed by atoms with Crippen LogP contribution in [-0.2, 0) is 4.79 Å². The maximum Gasteiger partial charge on any atom is 0.244 e. The number of anilines is 2. The van der Waals surface area contributed by atoms with E-state index < -0.39 is 0 Å². The van der Waals surface area contributed by atoms with Crippen molar-refractivity contribution in [2.24, 2.45) is 4.99 Å². The van der Waals surface area contributed by atoms with Gasteiger partial charge in [-0.2, -0.15) is 0 Å². The highest BCUT2D eigenvalue weighted by molar-refractivity contribution is 5.95. The first-order valence-corrected chi connectivity index (χ1v) is 11.3. The van der Waals surface area contributed by atoms with E-state index in [1.165, 1.54) is 5.69 Å². The number of ether oxygens (including phenoxy) is 2. The Kier molecular flexibility index (Phi) is 7.32. The molecule has 170 valence electrons. The molecule has 1 saturated heterocycles. The fraction of sp³-hybridized carbons (Fsp3) is 0.417. The molecule has 4 rings (SSSR count). The van der Waals surface area contributed by atoms with Gasteiger partial charge in [0.25, 0.3) is 0 Å². The summed E-state index contributed by atoms with van der Waals surface area (Å²) in [5, 5.41) is 6.46. The Balaban J connectivity index is 1.33. The number of para-hydroxylation sites is 1. The highest BCUT2D eigenvalue weighted by atomic mass is 16.5. The van der Waals surface area contributed by atoms with Gasteiger partial charge in [-0.1, -0.05) is 18.2 Å². The van der Waals surface area contributed by atoms with Gasteiger partial charge in [-0.05, 0) is 31.2 Å². The van der Waals surface area contributed by atoms with Crippen LogP contribution < -0.4 is 25.0 Å². The summed E-state index contributed by atoms with van der Waals surface area (Å²) < 4.78 is 11.4. The predicted octanol–water partition coefficient (Wildman–Crippen LogP) is 2.57. The average Bonchev–Trinajstić information content (AvgIpc) is 3.08. The third-order valence-corrected chi connectivity index (χ3v) is 5.48. The number of piperazine rings is 1. The molecule has 2 aromatic rings. The molecule has 2 heterocycles. The van der Waals surface area contributed by atoms with E-state index in [-0.39, 0.29) is 12.5 Å². The number of amides is 1. The third kappa shape index (κ3) is 5.63. The quantitative estimate of drug-likeness (QED) is 0.553. The van der Waals surface area contributed by atoms with Crippen LogP contribution in [0.25, 0.3) is 0 Å². The van der Waals surface area contributed by atoms with E-state index in [9.17, 15) is 4.79 Å². The Morgan fingerprint density at radius 3 is 2.50 bits per heavy atom. The summed E-state index contributed by atoms with van der Waals surface area (Å²) in [6.07, 6.45) is 0.864. The number of aliphatic imine (C=N–C) groups is 1. The molecular formula is C24H31N5O3. The summed E-state index contributed by atoms with van der Waals surface area (Å²) in [6, 6.07) is 16.0. The van der Waals surface area contributed by atoms with Crippen LogP contribution in [0.1, 0.15) is 13.3 Å². The fourth-order valence-electron chi connectivity index (χ4n) is 3.78. The van der Waals surface area contributed by atoms with Crippen LogP contribution in [0.2, 0.25) is 0 Å². The van der Waals surface area contributed by atoms with Gasteiger partial charge in [0, 0.05) is 56.6 Å². The Labute approximate surface area is 189 Å². The summed E-state index contributed by atoms with van der Waals surface area (Å²) in [6.45, 7) is 7.15. The summed E-state index contributed by atoms with van der Waals surface area (Å²) >= 11 is 0. The van der Waals surface area contributed by atoms with Crippen LogP contribution in [0.5, 0.6) is 11.5 Å². The van der Waals surface area contributed by atoms with Crippen molar-refractivity contribution in [3.63, 3.8) is 0 Å². The maximum absolute atomic E-state index is 12.7. The molecule has 2 aliphatic heterocycles. The lowest BCUT2D eigenvalue weighted by molar-refractivity contribution is -0.129. The van der Waals surface area contributed by atoms with Gasteiger partial charge in [-0.15, -0.1) is 0 Å². The van der Waals surface area contributed by atoms with Crippen LogP contribution in [-0.4, -0.2) is 69.2 Å². The molecule has 0 saturated carbocycles. The Bertz CT molecular complexity index is 926.